The van der Waals surface area contributed by atoms with E-state index < -0.39 is 0 Å². The molecule has 1 aliphatic carbocycles. The molecule has 0 aromatic heterocycles. The summed E-state index contributed by atoms with van der Waals surface area (Å²) in [5.41, 5.74) is 3.44. The molecule has 88 valence electrons. The lowest BCUT2D eigenvalue weighted by molar-refractivity contribution is 0.270. The highest BCUT2D eigenvalue weighted by Gasteiger charge is 2.42. The zero-order valence-electron chi connectivity index (χ0n) is 10.2. The van der Waals surface area contributed by atoms with Crippen LogP contribution in [0, 0.1) is 12.3 Å². The van der Waals surface area contributed by atoms with Crippen LogP contribution in [0.25, 0.3) is 0 Å². The van der Waals surface area contributed by atoms with Gasteiger partial charge in [0.15, 0.2) is 0 Å². The molecule has 0 radical (unpaired) electrons. The maximum Gasteiger partial charge on any atom is 0.0233 e. The van der Waals surface area contributed by atoms with Crippen LogP contribution in [0.1, 0.15) is 24.0 Å². The van der Waals surface area contributed by atoms with Crippen LogP contribution in [0.2, 0.25) is 0 Å². The summed E-state index contributed by atoms with van der Waals surface area (Å²) in [6.45, 7) is 4.48. The van der Waals surface area contributed by atoms with E-state index in [1.165, 1.54) is 30.5 Å². The maximum absolute atomic E-state index is 3.64. The van der Waals surface area contributed by atoms with Crippen molar-refractivity contribution in [2.45, 2.75) is 26.3 Å². The summed E-state index contributed by atoms with van der Waals surface area (Å²) in [6, 6.07) is 8.67. The molecule has 2 rings (SSSR count). The van der Waals surface area contributed by atoms with Crippen molar-refractivity contribution < 1.29 is 0 Å². The number of halogens is 1. The average molecular weight is 282 g/mol. The van der Waals surface area contributed by atoms with Gasteiger partial charge in [-0.2, -0.15) is 0 Å². The van der Waals surface area contributed by atoms with Crippen LogP contribution in [0.4, 0.5) is 0 Å². The van der Waals surface area contributed by atoms with Gasteiger partial charge in [-0.25, -0.2) is 0 Å². The maximum atomic E-state index is 3.64. The van der Waals surface area contributed by atoms with Gasteiger partial charge in [0.1, 0.15) is 0 Å². The van der Waals surface area contributed by atoms with E-state index in [2.05, 4.69) is 59.1 Å². The van der Waals surface area contributed by atoms with Gasteiger partial charge in [0.05, 0.1) is 0 Å². The molecular formula is C14H20BrN. The number of aryl methyl sites for hydroxylation is 1. The first-order valence-corrected chi connectivity index (χ1v) is 7.06. The molecule has 1 saturated carbocycles. The van der Waals surface area contributed by atoms with Crippen LogP contribution in [0.5, 0.6) is 0 Å². The van der Waals surface area contributed by atoms with E-state index in [0.29, 0.717) is 5.41 Å². The van der Waals surface area contributed by atoms with Gasteiger partial charge in [-0.05, 0) is 43.4 Å². The zero-order chi connectivity index (χ0) is 11.6. The van der Waals surface area contributed by atoms with Crippen molar-refractivity contribution in [2.75, 3.05) is 18.9 Å². The second-order valence-corrected chi connectivity index (χ2v) is 5.79. The first kappa shape index (κ1) is 12.1. The lowest BCUT2D eigenvalue weighted by Gasteiger charge is -2.23. The van der Waals surface area contributed by atoms with Crippen LogP contribution in [0.3, 0.4) is 0 Å². The standard InChI is InChI=1S/C14H20BrN/c1-12-5-3-4-6-13(12)9-16(2)11-14(10-15)7-8-14/h3-6H,7-11H2,1-2H3. The van der Waals surface area contributed by atoms with E-state index in [1.807, 2.05) is 0 Å². The first-order chi connectivity index (χ1) is 7.65. The van der Waals surface area contributed by atoms with Crippen LogP contribution in [-0.2, 0) is 6.54 Å². The van der Waals surface area contributed by atoms with E-state index in [0.717, 1.165) is 11.9 Å². The van der Waals surface area contributed by atoms with E-state index in [4.69, 9.17) is 0 Å². The van der Waals surface area contributed by atoms with Crippen LogP contribution < -0.4 is 0 Å². The molecule has 0 N–H and O–H groups in total. The number of nitrogens with zero attached hydrogens (tertiary/aromatic N) is 1. The van der Waals surface area contributed by atoms with Crippen LogP contribution >= 0.6 is 15.9 Å². The fourth-order valence-corrected chi connectivity index (χ4v) is 2.96. The SMILES string of the molecule is Cc1ccccc1CN(C)CC1(CBr)CC1. The van der Waals surface area contributed by atoms with Crippen LogP contribution in [0.15, 0.2) is 24.3 Å². The van der Waals surface area contributed by atoms with E-state index in [-0.39, 0.29) is 0 Å². The summed E-state index contributed by atoms with van der Waals surface area (Å²) in [5, 5.41) is 1.15. The Bertz CT molecular complexity index is 358. The minimum Gasteiger partial charge on any atom is -0.302 e. The predicted molar refractivity (Wildman–Crippen MR) is 73.0 cm³/mol. The molecule has 0 aliphatic heterocycles. The number of rotatable bonds is 5. The highest BCUT2D eigenvalue weighted by atomic mass is 79.9. The molecule has 1 aromatic rings. The average Bonchev–Trinajstić information content (AvgIpc) is 3.02. The lowest BCUT2D eigenvalue weighted by atomic mass is 10.1. The summed E-state index contributed by atoms with van der Waals surface area (Å²) in [6.07, 6.45) is 2.77. The number of benzene rings is 1. The Hall–Kier alpha value is -0.340. The fourth-order valence-electron chi connectivity index (χ4n) is 2.22. The van der Waals surface area contributed by atoms with Gasteiger partial charge in [0.25, 0.3) is 0 Å². The van der Waals surface area contributed by atoms with Gasteiger partial charge < -0.3 is 4.90 Å². The molecule has 0 unspecified atom stereocenters. The van der Waals surface area contributed by atoms with Gasteiger partial charge in [-0.15, -0.1) is 0 Å². The summed E-state index contributed by atoms with van der Waals surface area (Å²) >= 11 is 3.64. The van der Waals surface area contributed by atoms with Crippen molar-refractivity contribution in [3.8, 4) is 0 Å². The van der Waals surface area contributed by atoms with Crippen LogP contribution in [-0.4, -0.2) is 23.8 Å². The Balaban J connectivity index is 1.92. The third-order valence-corrected chi connectivity index (χ3v) is 4.74. The first-order valence-electron chi connectivity index (χ1n) is 5.94. The van der Waals surface area contributed by atoms with Gasteiger partial charge in [0, 0.05) is 18.4 Å². The molecule has 1 aliphatic rings. The third kappa shape index (κ3) is 2.86. The molecule has 1 fully saturated rings. The normalized spacial score (nSPS) is 17.8. The number of hydrogen-bond donors (Lipinski definition) is 0. The van der Waals surface area contributed by atoms with Crippen molar-refractivity contribution >= 4 is 15.9 Å². The van der Waals surface area contributed by atoms with Gasteiger partial charge >= 0.3 is 0 Å². The molecule has 0 bridgehead atoms. The van der Waals surface area contributed by atoms with Crippen molar-refractivity contribution in [3.63, 3.8) is 0 Å². The van der Waals surface area contributed by atoms with Gasteiger partial charge in [0.2, 0.25) is 0 Å². The number of alkyl halides is 1. The Kier molecular flexibility index (Phi) is 3.70. The summed E-state index contributed by atoms with van der Waals surface area (Å²) in [4.78, 5) is 2.45. The minimum absolute atomic E-state index is 0.581. The molecule has 0 amide bonds. The Labute approximate surface area is 107 Å². The molecule has 0 spiro atoms. The molecule has 16 heavy (non-hydrogen) atoms. The highest BCUT2D eigenvalue weighted by Crippen LogP contribution is 2.47. The summed E-state index contributed by atoms with van der Waals surface area (Å²) < 4.78 is 0. The molecular weight excluding hydrogens is 262 g/mol. The fraction of sp³-hybridized carbons (Fsp3) is 0.571. The lowest BCUT2D eigenvalue weighted by Crippen LogP contribution is -2.27. The smallest absolute Gasteiger partial charge is 0.0233 e. The predicted octanol–water partition coefficient (Wildman–Crippen LogP) is 3.60. The third-order valence-electron chi connectivity index (χ3n) is 3.55. The Morgan fingerprint density at radius 1 is 1.31 bits per heavy atom. The second-order valence-electron chi connectivity index (χ2n) is 5.23. The minimum atomic E-state index is 0.581. The van der Waals surface area contributed by atoms with E-state index >= 15 is 0 Å². The molecule has 0 heterocycles. The Morgan fingerprint density at radius 3 is 2.56 bits per heavy atom. The van der Waals surface area contributed by atoms with Gasteiger partial charge in [-0.3, -0.25) is 0 Å². The zero-order valence-corrected chi connectivity index (χ0v) is 11.8. The molecule has 1 nitrogen and oxygen atoms in total. The summed E-state index contributed by atoms with van der Waals surface area (Å²) in [7, 11) is 2.23. The van der Waals surface area contributed by atoms with Crippen molar-refractivity contribution in [3.05, 3.63) is 35.4 Å². The van der Waals surface area contributed by atoms with Crippen molar-refractivity contribution in [1.82, 2.24) is 4.90 Å². The summed E-state index contributed by atoms with van der Waals surface area (Å²) in [5.74, 6) is 0. The highest BCUT2D eigenvalue weighted by molar-refractivity contribution is 9.09. The van der Waals surface area contributed by atoms with Gasteiger partial charge in [-0.1, -0.05) is 40.2 Å². The van der Waals surface area contributed by atoms with Crippen molar-refractivity contribution in [1.29, 1.82) is 0 Å². The molecule has 2 heteroatoms. The topological polar surface area (TPSA) is 3.24 Å². The Morgan fingerprint density at radius 2 is 2.00 bits per heavy atom. The largest absolute Gasteiger partial charge is 0.302 e. The van der Waals surface area contributed by atoms with Crippen molar-refractivity contribution in [2.24, 2.45) is 5.41 Å². The number of hydrogen-bond acceptors (Lipinski definition) is 1. The second kappa shape index (κ2) is 4.89. The molecule has 1 aromatic carbocycles. The molecule has 0 atom stereocenters. The quantitative estimate of drug-likeness (QED) is 0.746. The van der Waals surface area contributed by atoms with E-state index in [1.54, 1.807) is 0 Å². The van der Waals surface area contributed by atoms with E-state index in [9.17, 15) is 0 Å². The monoisotopic (exact) mass is 281 g/mol. The molecule has 0 saturated heterocycles.